The summed E-state index contributed by atoms with van der Waals surface area (Å²) < 4.78 is 5.17. The van der Waals surface area contributed by atoms with E-state index in [0.29, 0.717) is 11.3 Å². The molecule has 0 unspecified atom stereocenters. The number of hydrogen-bond acceptors (Lipinski definition) is 4. The minimum Gasteiger partial charge on any atom is -0.483 e. The number of imide groups is 1. The highest BCUT2D eigenvalue weighted by Crippen LogP contribution is 2.19. The maximum atomic E-state index is 11.1. The molecular weight excluding hydrogens is 224 g/mol. The molecular formula is C11H14N2O4. The van der Waals surface area contributed by atoms with Gasteiger partial charge in [0.05, 0.1) is 6.61 Å². The SMILES string of the molecule is Cc1ccc(OCC(=O)NC(N)=O)c(CO)c1. The minimum absolute atomic E-state index is 0.186. The number of rotatable bonds is 4. The third kappa shape index (κ3) is 4.12. The summed E-state index contributed by atoms with van der Waals surface area (Å²) >= 11 is 0. The summed E-state index contributed by atoms with van der Waals surface area (Å²) in [6.45, 7) is 1.36. The van der Waals surface area contributed by atoms with Crippen molar-refractivity contribution in [2.75, 3.05) is 6.61 Å². The summed E-state index contributed by atoms with van der Waals surface area (Å²) in [5, 5.41) is 11.0. The van der Waals surface area contributed by atoms with E-state index in [1.165, 1.54) is 0 Å². The molecule has 0 aromatic heterocycles. The van der Waals surface area contributed by atoms with Gasteiger partial charge in [-0.2, -0.15) is 0 Å². The molecule has 6 nitrogen and oxygen atoms in total. The average molecular weight is 238 g/mol. The number of nitrogens with one attached hydrogen (secondary N) is 1. The molecule has 17 heavy (non-hydrogen) atoms. The zero-order valence-corrected chi connectivity index (χ0v) is 9.40. The lowest BCUT2D eigenvalue weighted by atomic mass is 10.1. The summed E-state index contributed by atoms with van der Waals surface area (Å²) in [6.07, 6.45) is 0. The van der Waals surface area contributed by atoms with Crippen LogP contribution in [-0.4, -0.2) is 23.7 Å². The fourth-order valence-electron chi connectivity index (χ4n) is 1.29. The van der Waals surface area contributed by atoms with Crippen LogP contribution in [0.4, 0.5) is 4.79 Å². The van der Waals surface area contributed by atoms with Crippen LogP contribution in [0.25, 0.3) is 0 Å². The first-order chi connectivity index (χ1) is 8.02. The lowest BCUT2D eigenvalue weighted by molar-refractivity contribution is -0.121. The molecule has 0 aliphatic heterocycles. The van der Waals surface area contributed by atoms with Crippen LogP contribution >= 0.6 is 0 Å². The van der Waals surface area contributed by atoms with E-state index in [1.807, 2.05) is 12.2 Å². The number of aryl methyl sites for hydroxylation is 1. The van der Waals surface area contributed by atoms with Crippen LogP contribution in [0.5, 0.6) is 5.75 Å². The number of amides is 3. The second-order valence-electron chi connectivity index (χ2n) is 3.47. The Labute approximate surface area is 98.4 Å². The van der Waals surface area contributed by atoms with Crippen LogP contribution in [0, 0.1) is 6.92 Å². The molecule has 0 atom stereocenters. The molecule has 1 rings (SSSR count). The Morgan fingerprint density at radius 3 is 2.76 bits per heavy atom. The molecule has 0 heterocycles. The molecule has 0 radical (unpaired) electrons. The van der Waals surface area contributed by atoms with Crippen LogP contribution < -0.4 is 15.8 Å². The van der Waals surface area contributed by atoms with Gasteiger partial charge in [0.2, 0.25) is 0 Å². The topological polar surface area (TPSA) is 102 Å². The van der Waals surface area contributed by atoms with Crippen molar-refractivity contribution in [2.45, 2.75) is 13.5 Å². The maximum absolute atomic E-state index is 11.1. The van der Waals surface area contributed by atoms with Gasteiger partial charge in [-0.1, -0.05) is 17.7 Å². The Morgan fingerprint density at radius 1 is 1.47 bits per heavy atom. The van der Waals surface area contributed by atoms with E-state index in [9.17, 15) is 9.59 Å². The van der Waals surface area contributed by atoms with Gasteiger partial charge in [0.25, 0.3) is 5.91 Å². The second-order valence-corrected chi connectivity index (χ2v) is 3.47. The Bertz CT molecular complexity index is 431. The monoisotopic (exact) mass is 238 g/mol. The van der Waals surface area contributed by atoms with Gasteiger partial charge in [-0.3, -0.25) is 10.1 Å². The maximum Gasteiger partial charge on any atom is 0.318 e. The standard InChI is InChI=1S/C11H14N2O4/c1-7-2-3-9(8(4-7)5-14)17-6-10(15)13-11(12)16/h2-4,14H,5-6H2,1H3,(H3,12,13,15,16). The average Bonchev–Trinajstić information content (AvgIpc) is 2.26. The number of benzene rings is 1. The molecule has 6 heteroatoms. The van der Waals surface area contributed by atoms with Crippen LogP contribution in [-0.2, 0) is 11.4 Å². The highest BCUT2D eigenvalue weighted by atomic mass is 16.5. The fourth-order valence-corrected chi connectivity index (χ4v) is 1.29. The number of primary amides is 1. The van der Waals surface area contributed by atoms with Gasteiger partial charge in [-0.15, -0.1) is 0 Å². The van der Waals surface area contributed by atoms with Gasteiger partial charge >= 0.3 is 6.03 Å². The number of carbonyl (C=O) groups is 2. The zero-order chi connectivity index (χ0) is 12.8. The predicted octanol–water partition coefficient (Wildman–Crippen LogP) is 0.0610. The third-order valence-corrected chi connectivity index (χ3v) is 2.01. The van der Waals surface area contributed by atoms with E-state index in [4.69, 9.17) is 15.6 Å². The molecule has 1 aromatic carbocycles. The smallest absolute Gasteiger partial charge is 0.318 e. The normalized spacial score (nSPS) is 9.76. The number of hydrogen-bond donors (Lipinski definition) is 3. The van der Waals surface area contributed by atoms with Gasteiger partial charge in [0.15, 0.2) is 6.61 Å². The number of carbonyl (C=O) groups excluding carboxylic acids is 2. The highest BCUT2D eigenvalue weighted by molar-refractivity contribution is 5.94. The number of aliphatic hydroxyl groups is 1. The van der Waals surface area contributed by atoms with Crippen molar-refractivity contribution in [1.29, 1.82) is 0 Å². The van der Waals surface area contributed by atoms with Crippen LogP contribution in [0.3, 0.4) is 0 Å². The number of aliphatic hydroxyl groups excluding tert-OH is 1. The summed E-state index contributed by atoms with van der Waals surface area (Å²) in [5.74, 6) is -0.236. The lowest BCUT2D eigenvalue weighted by Crippen LogP contribution is -2.38. The Balaban J connectivity index is 2.63. The van der Waals surface area contributed by atoms with Crippen molar-refractivity contribution in [3.63, 3.8) is 0 Å². The molecule has 0 bridgehead atoms. The molecule has 0 spiro atoms. The molecule has 3 amide bonds. The molecule has 0 saturated heterocycles. The van der Waals surface area contributed by atoms with Crippen LogP contribution in [0.15, 0.2) is 18.2 Å². The first kappa shape index (κ1) is 13.0. The Kier molecular flexibility index (Phi) is 4.47. The fraction of sp³-hybridized carbons (Fsp3) is 0.273. The Hall–Kier alpha value is -2.08. The summed E-state index contributed by atoms with van der Waals surface area (Å²) in [5.41, 5.74) is 6.33. The van der Waals surface area contributed by atoms with Crippen LogP contribution in [0.1, 0.15) is 11.1 Å². The van der Waals surface area contributed by atoms with Gasteiger partial charge in [0, 0.05) is 5.56 Å². The molecule has 0 aliphatic rings. The number of urea groups is 1. The lowest BCUT2D eigenvalue weighted by Gasteiger charge is -2.10. The van der Waals surface area contributed by atoms with E-state index >= 15 is 0 Å². The predicted molar refractivity (Wildman–Crippen MR) is 60.3 cm³/mol. The molecule has 1 aromatic rings. The molecule has 92 valence electrons. The molecule has 0 aliphatic carbocycles. The van der Waals surface area contributed by atoms with Crippen molar-refractivity contribution in [3.8, 4) is 5.75 Å². The Morgan fingerprint density at radius 2 is 2.18 bits per heavy atom. The first-order valence-electron chi connectivity index (χ1n) is 4.95. The summed E-state index contributed by atoms with van der Waals surface area (Å²) in [7, 11) is 0. The quantitative estimate of drug-likeness (QED) is 0.690. The van der Waals surface area contributed by atoms with Crippen molar-refractivity contribution in [3.05, 3.63) is 29.3 Å². The van der Waals surface area contributed by atoms with Crippen molar-refractivity contribution in [2.24, 2.45) is 5.73 Å². The molecule has 0 fully saturated rings. The second kappa shape index (κ2) is 5.86. The van der Waals surface area contributed by atoms with E-state index < -0.39 is 11.9 Å². The summed E-state index contributed by atoms with van der Waals surface area (Å²) in [4.78, 5) is 21.5. The van der Waals surface area contributed by atoms with Crippen molar-refractivity contribution in [1.82, 2.24) is 5.32 Å². The van der Waals surface area contributed by atoms with E-state index in [-0.39, 0.29) is 13.2 Å². The van der Waals surface area contributed by atoms with E-state index in [0.717, 1.165) is 5.56 Å². The van der Waals surface area contributed by atoms with E-state index in [1.54, 1.807) is 18.2 Å². The van der Waals surface area contributed by atoms with Gasteiger partial charge in [-0.05, 0) is 13.0 Å². The van der Waals surface area contributed by atoms with Crippen molar-refractivity contribution < 1.29 is 19.4 Å². The van der Waals surface area contributed by atoms with E-state index in [2.05, 4.69) is 0 Å². The first-order valence-corrected chi connectivity index (χ1v) is 4.95. The van der Waals surface area contributed by atoms with Gasteiger partial charge < -0.3 is 15.6 Å². The number of nitrogens with two attached hydrogens (primary N) is 1. The van der Waals surface area contributed by atoms with Gasteiger partial charge in [0.1, 0.15) is 5.75 Å². The molecule has 0 saturated carbocycles. The van der Waals surface area contributed by atoms with Crippen molar-refractivity contribution >= 4 is 11.9 Å². The molecule has 4 N–H and O–H groups in total. The third-order valence-electron chi connectivity index (χ3n) is 2.01. The van der Waals surface area contributed by atoms with Gasteiger partial charge in [-0.25, -0.2) is 4.79 Å². The summed E-state index contributed by atoms with van der Waals surface area (Å²) in [6, 6.07) is 4.27. The zero-order valence-electron chi connectivity index (χ0n) is 9.40. The van der Waals surface area contributed by atoms with Crippen LogP contribution in [0.2, 0.25) is 0 Å². The largest absolute Gasteiger partial charge is 0.483 e. The minimum atomic E-state index is -0.926. The number of ether oxygens (including phenoxy) is 1. The highest BCUT2D eigenvalue weighted by Gasteiger charge is 2.08.